The van der Waals surface area contributed by atoms with Crippen LogP contribution in [-0.2, 0) is 23.2 Å². The van der Waals surface area contributed by atoms with Crippen molar-refractivity contribution in [3.05, 3.63) is 93.9 Å². The molecule has 0 amide bonds. The quantitative estimate of drug-likeness (QED) is 0.447. The summed E-state index contributed by atoms with van der Waals surface area (Å²) in [5, 5.41) is 1.78. The Morgan fingerprint density at radius 1 is 0.906 bits per heavy atom. The molecule has 0 spiro atoms. The van der Waals surface area contributed by atoms with Crippen molar-refractivity contribution in [3.8, 4) is 17.2 Å². The van der Waals surface area contributed by atoms with Crippen LogP contribution in [0.5, 0.6) is 17.2 Å². The van der Waals surface area contributed by atoms with Gasteiger partial charge in [0.05, 0.1) is 14.2 Å². The van der Waals surface area contributed by atoms with E-state index >= 15 is 0 Å². The Bertz CT molecular complexity index is 1180. The molecule has 3 aromatic rings. The first-order valence-electron chi connectivity index (χ1n) is 9.74. The molecule has 0 saturated heterocycles. The molecule has 3 rings (SSSR count). The third-order valence-corrected chi connectivity index (χ3v) is 5.84. The second-order valence-corrected chi connectivity index (χ2v) is 8.93. The molecule has 0 aliphatic rings. The molecule has 0 aliphatic heterocycles. The van der Waals surface area contributed by atoms with Crippen molar-refractivity contribution >= 4 is 27.7 Å². The maximum atomic E-state index is 12.3. The molecule has 0 aliphatic carbocycles. The monoisotopic (exact) mass is 473 g/mol. The topological polar surface area (TPSA) is 73.9 Å². The van der Waals surface area contributed by atoms with Gasteiger partial charge < -0.3 is 14.2 Å². The van der Waals surface area contributed by atoms with Gasteiger partial charge in [0.25, 0.3) is 0 Å². The predicted octanol–water partition coefficient (Wildman–Crippen LogP) is 5.03. The first-order valence-corrected chi connectivity index (χ1v) is 11.7. The summed E-state index contributed by atoms with van der Waals surface area (Å²) >= 11 is 5.90. The Morgan fingerprint density at radius 3 is 2.41 bits per heavy atom. The molecule has 0 unspecified atom stereocenters. The van der Waals surface area contributed by atoms with Gasteiger partial charge in [0.1, 0.15) is 12.4 Å². The molecular formula is C24H24ClNO5S. The van der Waals surface area contributed by atoms with E-state index in [0.717, 1.165) is 16.5 Å². The second-order valence-electron chi connectivity index (χ2n) is 6.85. The molecule has 0 radical (unpaired) electrons. The molecule has 0 bridgehead atoms. The number of ether oxygens (including phenoxy) is 3. The van der Waals surface area contributed by atoms with Crippen molar-refractivity contribution in [2.45, 2.75) is 13.2 Å². The van der Waals surface area contributed by atoms with E-state index in [1.807, 2.05) is 18.2 Å². The van der Waals surface area contributed by atoms with E-state index in [1.165, 1.54) is 13.2 Å². The number of hydrogen-bond acceptors (Lipinski definition) is 5. The highest BCUT2D eigenvalue weighted by Crippen LogP contribution is 2.29. The number of nitrogens with one attached hydrogen (secondary N) is 1. The van der Waals surface area contributed by atoms with Crippen LogP contribution in [0.3, 0.4) is 0 Å². The lowest BCUT2D eigenvalue weighted by Gasteiger charge is -2.11. The summed E-state index contributed by atoms with van der Waals surface area (Å²) in [5.41, 5.74) is 2.42. The first-order chi connectivity index (χ1) is 15.4. The van der Waals surface area contributed by atoms with Gasteiger partial charge in [0.2, 0.25) is 10.0 Å². The summed E-state index contributed by atoms with van der Waals surface area (Å²) in [6, 6.07) is 19.8. The summed E-state index contributed by atoms with van der Waals surface area (Å²) in [6.45, 7) is 0.510. The summed E-state index contributed by atoms with van der Waals surface area (Å²) in [4.78, 5) is 0. The molecule has 8 heteroatoms. The van der Waals surface area contributed by atoms with E-state index < -0.39 is 10.0 Å². The highest BCUT2D eigenvalue weighted by molar-refractivity contribution is 7.92. The molecule has 0 aromatic heterocycles. The zero-order chi connectivity index (χ0) is 23.0. The van der Waals surface area contributed by atoms with Gasteiger partial charge in [-0.1, -0.05) is 41.9 Å². The maximum absolute atomic E-state index is 12.3. The van der Waals surface area contributed by atoms with Crippen LogP contribution in [0.2, 0.25) is 5.02 Å². The van der Waals surface area contributed by atoms with Crippen LogP contribution < -0.4 is 18.9 Å². The Balaban J connectivity index is 1.63. The van der Waals surface area contributed by atoms with Crippen LogP contribution in [0.4, 0.5) is 0 Å². The van der Waals surface area contributed by atoms with Gasteiger partial charge in [-0.2, -0.15) is 0 Å². The molecule has 6 nitrogen and oxygen atoms in total. The van der Waals surface area contributed by atoms with Gasteiger partial charge in [0, 0.05) is 17.0 Å². The summed E-state index contributed by atoms with van der Waals surface area (Å²) in [7, 11) is -0.535. The van der Waals surface area contributed by atoms with Crippen molar-refractivity contribution in [3.63, 3.8) is 0 Å². The van der Waals surface area contributed by atoms with Crippen molar-refractivity contribution in [1.29, 1.82) is 0 Å². The zero-order valence-corrected chi connectivity index (χ0v) is 19.3. The van der Waals surface area contributed by atoms with Crippen LogP contribution >= 0.6 is 11.6 Å². The highest BCUT2D eigenvalue weighted by Gasteiger charge is 2.08. The van der Waals surface area contributed by atoms with E-state index in [1.54, 1.807) is 55.6 Å². The van der Waals surface area contributed by atoms with Crippen LogP contribution in [0, 0.1) is 0 Å². The van der Waals surface area contributed by atoms with E-state index in [9.17, 15) is 8.42 Å². The number of halogens is 1. The van der Waals surface area contributed by atoms with Crippen molar-refractivity contribution in [2.75, 3.05) is 14.2 Å². The average Bonchev–Trinajstić information content (AvgIpc) is 2.81. The maximum Gasteiger partial charge on any atom is 0.234 e. The third kappa shape index (κ3) is 7.02. The Morgan fingerprint density at radius 2 is 1.69 bits per heavy atom. The fourth-order valence-corrected chi connectivity index (χ4v) is 3.76. The predicted molar refractivity (Wildman–Crippen MR) is 127 cm³/mol. The smallest absolute Gasteiger partial charge is 0.234 e. The lowest BCUT2D eigenvalue weighted by molar-refractivity contribution is 0.284. The lowest BCUT2D eigenvalue weighted by atomic mass is 10.2. The molecule has 0 heterocycles. The van der Waals surface area contributed by atoms with Crippen LogP contribution in [0.1, 0.15) is 16.7 Å². The minimum atomic E-state index is -3.63. The number of hydrogen-bond donors (Lipinski definition) is 1. The van der Waals surface area contributed by atoms with E-state index in [0.29, 0.717) is 34.4 Å². The number of rotatable bonds is 10. The van der Waals surface area contributed by atoms with E-state index in [4.69, 9.17) is 25.8 Å². The number of sulfonamides is 1. The van der Waals surface area contributed by atoms with Gasteiger partial charge in [-0.15, -0.1) is 0 Å². The molecule has 1 N–H and O–H groups in total. The van der Waals surface area contributed by atoms with Crippen molar-refractivity contribution in [2.24, 2.45) is 0 Å². The zero-order valence-electron chi connectivity index (χ0n) is 17.7. The molecule has 0 atom stereocenters. The molecule has 0 saturated carbocycles. The number of benzene rings is 3. The minimum Gasteiger partial charge on any atom is -0.497 e. The lowest BCUT2D eigenvalue weighted by Crippen LogP contribution is -2.20. The fraction of sp³-hybridized carbons (Fsp3) is 0.167. The minimum absolute atomic E-state index is 0.157. The Hall–Kier alpha value is -3.00. The van der Waals surface area contributed by atoms with Gasteiger partial charge >= 0.3 is 0 Å². The van der Waals surface area contributed by atoms with Crippen LogP contribution in [0.25, 0.3) is 6.08 Å². The van der Waals surface area contributed by atoms with Gasteiger partial charge in [0.15, 0.2) is 11.5 Å². The van der Waals surface area contributed by atoms with Crippen molar-refractivity contribution in [1.82, 2.24) is 4.72 Å². The average molecular weight is 474 g/mol. The normalized spacial score (nSPS) is 11.5. The fourth-order valence-electron chi connectivity index (χ4n) is 2.83. The third-order valence-electron chi connectivity index (χ3n) is 4.55. The Kier molecular flexibility index (Phi) is 8.16. The largest absolute Gasteiger partial charge is 0.497 e. The molecule has 32 heavy (non-hydrogen) atoms. The molecular weight excluding hydrogens is 450 g/mol. The van der Waals surface area contributed by atoms with E-state index in [-0.39, 0.29) is 6.54 Å². The first kappa shape index (κ1) is 23.7. The Labute approximate surface area is 193 Å². The summed E-state index contributed by atoms with van der Waals surface area (Å²) in [5.74, 6) is 1.73. The standard InChI is InChI=1S/C24H24ClNO5S/c1-29-22-5-3-4-20(14-22)16-26-32(27,28)13-12-18-8-11-23(24(15-18)30-2)31-17-19-6-9-21(25)10-7-19/h3-15,26H,16-17H2,1-2H3/b13-12+. The molecule has 3 aromatic carbocycles. The molecule has 0 fully saturated rings. The second kappa shape index (κ2) is 11.0. The molecule has 168 valence electrons. The van der Waals surface area contributed by atoms with Gasteiger partial charge in [-0.3, -0.25) is 0 Å². The van der Waals surface area contributed by atoms with Crippen LogP contribution in [0.15, 0.2) is 72.1 Å². The summed E-state index contributed by atoms with van der Waals surface area (Å²) < 4.78 is 43.6. The SMILES string of the molecule is COc1cccc(CNS(=O)(=O)/C=C/c2ccc(OCc3ccc(Cl)cc3)c(OC)c2)c1. The van der Waals surface area contributed by atoms with Crippen molar-refractivity contribution < 1.29 is 22.6 Å². The van der Waals surface area contributed by atoms with Crippen LogP contribution in [-0.4, -0.2) is 22.6 Å². The number of methoxy groups -OCH3 is 2. The van der Waals surface area contributed by atoms with Gasteiger partial charge in [-0.25, -0.2) is 13.1 Å². The highest BCUT2D eigenvalue weighted by atomic mass is 35.5. The summed E-state index contributed by atoms with van der Waals surface area (Å²) in [6.07, 6.45) is 1.50. The van der Waals surface area contributed by atoms with E-state index in [2.05, 4.69) is 4.72 Å². The van der Waals surface area contributed by atoms with Gasteiger partial charge in [-0.05, 0) is 59.2 Å².